The third kappa shape index (κ3) is 3.69. The fourth-order valence-corrected chi connectivity index (χ4v) is 2.84. The van der Waals surface area contributed by atoms with Crippen LogP contribution in [0.2, 0.25) is 5.02 Å². The number of nitrogens with two attached hydrogens (primary N) is 1. The number of anilines is 1. The molecule has 3 nitrogen and oxygen atoms in total. The topological polar surface area (TPSA) is 42.2 Å². The van der Waals surface area contributed by atoms with Crippen molar-refractivity contribution in [1.29, 1.82) is 0 Å². The second-order valence-corrected chi connectivity index (χ2v) is 6.02. The third-order valence-electron chi connectivity index (χ3n) is 2.94. The smallest absolute Gasteiger partial charge is 0.0898 e. The number of hydrogen-bond acceptors (Lipinski definition) is 4. The van der Waals surface area contributed by atoms with Crippen molar-refractivity contribution in [2.24, 2.45) is 5.73 Å². The van der Waals surface area contributed by atoms with Gasteiger partial charge in [-0.05, 0) is 37.6 Å². The Morgan fingerprint density at radius 3 is 2.84 bits per heavy atom. The Bertz CT molecular complexity index is 553. The molecule has 0 atom stereocenters. The molecular formula is C14H18ClN3S. The zero-order chi connectivity index (χ0) is 13.8. The second kappa shape index (κ2) is 6.37. The first kappa shape index (κ1) is 14.3. The summed E-state index contributed by atoms with van der Waals surface area (Å²) in [6.45, 7) is 3.44. The first-order valence-electron chi connectivity index (χ1n) is 6.21. The number of thiazole rings is 1. The predicted molar refractivity (Wildman–Crippen MR) is 83.2 cm³/mol. The molecule has 19 heavy (non-hydrogen) atoms. The fraction of sp³-hybridized carbons (Fsp3) is 0.357. The van der Waals surface area contributed by atoms with E-state index in [2.05, 4.69) is 22.3 Å². The van der Waals surface area contributed by atoms with Gasteiger partial charge in [-0.1, -0.05) is 17.7 Å². The molecule has 0 fully saturated rings. The van der Waals surface area contributed by atoms with Gasteiger partial charge in [0.25, 0.3) is 0 Å². The maximum Gasteiger partial charge on any atom is 0.0898 e. The minimum absolute atomic E-state index is 0.637. The van der Waals surface area contributed by atoms with Crippen molar-refractivity contribution in [2.75, 3.05) is 18.5 Å². The average Bonchev–Trinajstić information content (AvgIpc) is 2.77. The monoisotopic (exact) mass is 295 g/mol. The summed E-state index contributed by atoms with van der Waals surface area (Å²) in [5.41, 5.74) is 9.10. The Kier molecular flexibility index (Phi) is 4.80. The molecule has 2 rings (SSSR count). The zero-order valence-electron chi connectivity index (χ0n) is 11.2. The minimum Gasteiger partial charge on any atom is -0.368 e. The van der Waals surface area contributed by atoms with E-state index in [1.54, 1.807) is 11.3 Å². The van der Waals surface area contributed by atoms with E-state index >= 15 is 0 Å². The highest BCUT2D eigenvalue weighted by molar-refractivity contribution is 7.09. The van der Waals surface area contributed by atoms with Crippen molar-refractivity contribution < 1.29 is 0 Å². The molecule has 2 N–H and O–H groups in total. The lowest BCUT2D eigenvalue weighted by Gasteiger charge is -2.22. The molecule has 0 spiro atoms. The first-order chi connectivity index (χ1) is 9.10. The lowest BCUT2D eigenvalue weighted by Crippen LogP contribution is -2.19. The van der Waals surface area contributed by atoms with E-state index < -0.39 is 0 Å². The van der Waals surface area contributed by atoms with Gasteiger partial charge in [0.15, 0.2) is 0 Å². The largest absolute Gasteiger partial charge is 0.368 e. The van der Waals surface area contributed by atoms with Gasteiger partial charge in [0.2, 0.25) is 0 Å². The number of hydrogen-bond donors (Lipinski definition) is 1. The zero-order valence-corrected chi connectivity index (χ0v) is 12.8. The van der Waals surface area contributed by atoms with Crippen LogP contribution in [0.4, 0.5) is 5.69 Å². The maximum absolute atomic E-state index is 6.10. The van der Waals surface area contributed by atoms with Crippen molar-refractivity contribution in [1.82, 2.24) is 4.98 Å². The van der Waals surface area contributed by atoms with E-state index in [1.165, 1.54) is 5.56 Å². The minimum atomic E-state index is 0.637. The van der Waals surface area contributed by atoms with Crippen molar-refractivity contribution in [3.05, 3.63) is 44.9 Å². The molecule has 0 aliphatic heterocycles. The van der Waals surface area contributed by atoms with Crippen LogP contribution in [0, 0.1) is 6.92 Å². The summed E-state index contributed by atoms with van der Waals surface area (Å²) in [7, 11) is 2.06. The molecule has 0 bridgehead atoms. The van der Waals surface area contributed by atoms with Gasteiger partial charge in [0, 0.05) is 23.1 Å². The van der Waals surface area contributed by atoms with Crippen LogP contribution in [0.5, 0.6) is 0 Å². The Labute approximate surface area is 123 Å². The molecule has 0 unspecified atom stereocenters. The summed E-state index contributed by atoms with van der Waals surface area (Å²) in [5.74, 6) is 0. The summed E-state index contributed by atoms with van der Waals surface area (Å²) in [6.07, 6.45) is 0.854. The Hall–Kier alpha value is -1.10. The van der Waals surface area contributed by atoms with Gasteiger partial charge >= 0.3 is 0 Å². The number of benzene rings is 1. The van der Waals surface area contributed by atoms with Gasteiger partial charge in [-0.15, -0.1) is 11.3 Å². The molecule has 1 heterocycles. The molecule has 0 aliphatic carbocycles. The second-order valence-electron chi connectivity index (χ2n) is 4.53. The average molecular weight is 296 g/mol. The summed E-state index contributed by atoms with van der Waals surface area (Å²) < 4.78 is 0. The van der Waals surface area contributed by atoms with E-state index in [0.717, 1.165) is 34.4 Å². The van der Waals surface area contributed by atoms with Gasteiger partial charge in [0.05, 0.1) is 17.2 Å². The summed E-state index contributed by atoms with van der Waals surface area (Å²) in [4.78, 5) is 6.67. The van der Waals surface area contributed by atoms with E-state index in [4.69, 9.17) is 17.3 Å². The summed E-state index contributed by atoms with van der Waals surface area (Å²) in [6, 6.07) is 5.95. The van der Waals surface area contributed by atoms with Crippen LogP contribution in [-0.4, -0.2) is 18.6 Å². The molecule has 1 aromatic carbocycles. The summed E-state index contributed by atoms with van der Waals surface area (Å²) in [5, 5.41) is 3.94. The van der Waals surface area contributed by atoms with Crippen LogP contribution >= 0.6 is 22.9 Å². The lowest BCUT2D eigenvalue weighted by atomic mass is 10.1. The van der Waals surface area contributed by atoms with E-state index in [-0.39, 0.29) is 0 Å². The predicted octanol–water partition coefficient (Wildman–Crippen LogP) is 3.24. The van der Waals surface area contributed by atoms with Crippen LogP contribution < -0.4 is 10.6 Å². The Morgan fingerprint density at radius 2 is 2.21 bits per heavy atom. The van der Waals surface area contributed by atoms with Crippen LogP contribution in [0.3, 0.4) is 0 Å². The maximum atomic E-state index is 6.10. The van der Waals surface area contributed by atoms with Crippen molar-refractivity contribution in [3.8, 4) is 0 Å². The van der Waals surface area contributed by atoms with Crippen LogP contribution in [-0.2, 0) is 13.0 Å². The molecule has 5 heteroatoms. The number of halogens is 1. The number of aryl methyl sites for hydroxylation is 1. The Morgan fingerprint density at radius 1 is 1.42 bits per heavy atom. The quantitative estimate of drug-likeness (QED) is 0.921. The first-order valence-corrected chi connectivity index (χ1v) is 7.46. The highest BCUT2D eigenvalue weighted by atomic mass is 35.5. The standard InChI is InChI=1S/C14H18ClN3S/c1-10-17-13(9-19-10)8-18(2)14-7-12(15)4-3-11(14)5-6-16/h3-4,7,9H,5-6,8,16H2,1-2H3. The molecular weight excluding hydrogens is 278 g/mol. The van der Waals surface area contributed by atoms with Gasteiger partial charge in [-0.25, -0.2) is 4.98 Å². The number of rotatable bonds is 5. The lowest BCUT2D eigenvalue weighted by molar-refractivity contribution is 0.870. The molecule has 0 saturated heterocycles. The summed E-state index contributed by atoms with van der Waals surface area (Å²) >= 11 is 7.77. The van der Waals surface area contributed by atoms with Crippen LogP contribution in [0.15, 0.2) is 23.6 Å². The molecule has 2 aromatic rings. The van der Waals surface area contributed by atoms with Gasteiger partial charge in [0.1, 0.15) is 0 Å². The Balaban J connectivity index is 2.21. The van der Waals surface area contributed by atoms with Crippen molar-refractivity contribution in [3.63, 3.8) is 0 Å². The molecule has 0 saturated carbocycles. The van der Waals surface area contributed by atoms with Gasteiger partial charge in [-0.2, -0.15) is 0 Å². The van der Waals surface area contributed by atoms with Gasteiger partial charge < -0.3 is 10.6 Å². The molecule has 0 radical (unpaired) electrons. The molecule has 0 amide bonds. The van der Waals surface area contributed by atoms with Crippen molar-refractivity contribution >= 4 is 28.6 Å². The molecule has 102 valence electrons. The highest BCUT2D eigenvalue weighted by Gasteiger charge is 2.10. The van der Waals surface area contributed by atoms with Crippen LogP contribution in [0.25, 0.3) is 0 Å². The van der Waals surface area contributed by atoms with Crippen LogP contribution in [0.1, 0.15) is 16.3 Å². The number of nitrogens with zero attached hydrogens (tertiary/aromatic N) is 2. The normalized spacial score (nSPS) is 10.7. The van der Waals surface area contributed by atoms with Crippen molar-refractivity contribution in [2.45, 2.75) is 19.9 Å². The highest BCUT2D eigenvalue weighted by Crippen LogP contribution is 2.26. The van der Waals surface area contributed by atoms with E-state index in [0.29, 0.717) is 6.54 Å². The molecule has 0 aliphatic rings. The fourth-order valence-electron chi connectivity index (χ4n) is 2.07. The molecule has 1 aromatic heterocycles. The SMILES string of the molecule is Cc1nc(CN(C)c2cc(Cl)ccc2CCN)cs1. The van der Waals surface area contributed by atoms with E-state index in [9.17, 15) is 0 Å². The van der Waals surface area contributed by atoms with Gasteiger partial charge in [-0.3, -0.25) is 0 Å². The van der Waals surface area contributed by atoms with E-state index in [1.807, 2.05) is 25.1 Å². The third-order valence-corrected chi connectivity index (χ3v) is 4.00. The number of aromatic nitrogens is 1.